The number of hydrogen-bond donors (Lipinski definition) is 1. The van der Waals surface area contributed by atoms with E-state index in [0.717, 1.165) is 23.0 Å². The third kappa shape index (κ3) is 5.15. The summed E-state index contributed by atoms with van der Waals surface area (Å²) in [7, 11) is 0. The lowest BCUT2D eigenvalue weighted by molar-refractivity contribution is -0.135. The Morgan fingerprint density at radius 2 is 1.49 bits per heavy atom. The van der Waals surface area contributed by atoms with Crippen LogP contribution in [0.5, 0.6) is 0 Å². The third-order valence-electron chi connectivity index (χ3n) is 5.35. The van der Waals surface area contributed by atoms with Crippen LogP contribution in [0, 0.1) is 0 Å². The first-order valence-electron chi connectivity index (χ1n) is 11.1. The predicted octanol–water partition coefficient (Wildman–Crippen LogP) is 5.97. The van der Waals surface area contributed by atoms with Crippen molar-refractivity contribution in [1.82, 2.24) is 4.98 Å². The number of ether oxygens (including phenoxy) is 1. The average Bonchev–Trinajstić information content (AvgIpc) is 3.37. The number of thiazole rings is 1. The molecule has 0 bridgehead atoms. The molecule has 0 atom stereocenters. The molecule has 0 saturated carbocycles. The van der Waals surface area contributed by atoms with E-state index in [4.69, 9.17) is 9.57 Å². The first kappa shape index (κ1) is 23.9. The van der Waals surface area contributed by atoms with Gasteiger partial charge in [-0.15, -0.1) is 11.3 Å². The van der Waals surface area contributed by atoms with Crippen molar-refractivity contribution < 1.29 is 14.4 Å². The Morgan fingerprint density at radius 3 is 1.94 bits per heavy atom. The van der Waals surface area contributed by atoms with E-state index in [1.54, 1.807) is 12.3 Å². The van der Waals surface area contributed by atoms with E-state index in [1.165, 1.54) is 11.3 Å². The van der Waals surface area contributed by atoms with Gasteiger partial charge < -0.3 is 14.9 Å². The fraction of sp³-hybridized carbons (Fsp3) is 0.107. The summed E-state index contributed by atoms with van der Waals surface area (Å²) in [6, 6.07) is 30.6. The Morgan fingerprint density at radius 1 is 0.971 bits per heavy atom. The summed E-state index contributed by atoms with van der Waals surface area (Å²) in [5, 5.41) is 9.89. The van der Waals surface area contributed by atoms with Gasteiger partial charge in [0.2, 0.25) is 5.71 Å². The molecule has 7 heteroatoms. The Kier molecular flexibility index (Phi) is 7.70. The Balaban J connectivity index is 1.85. The largest absolute Gasteiger partial charge is 0.461 e. The third-order valence-corrected chi connectivity index (χ3v) is 6.11. The minimum absolute atomic E-state index is 0.0271. The predicted molar refractivity (Wildman–Crippen MR) is 139 cm³/mol. The molecular formula is C28H25N3O3S. The molecule has 1 N–H and O–H groups in total. The average molecular weight is 484 g/mol. The molecule has 0 aliphatic rings. The smallest absolute Gasteiger partial charge is 0.362 e. The van der Waals surface area contributed by atoms with Crippen molar-refractivity contribution in [2.75, 3.05) is 11.9 Å². The van der Waals surface area contributed by atoms with E-state index in [9.17, 15) is 4.79 Å². The van der Waals surface area contributed by atoms with Crippen LogP contribution in [0.1, 0.15) is 29.3 Å². The van der Waals surface area contributed by atoms with E-state index in [2.05, 4.69) is 58.4 Å². The van der Waals surface area contributed by atoms with Gasteiger partial charge in [-0.1, -0.05) is 103 Å². The number of hydrogen-bond acceptors (Lipinski definition) is 7. The maximum Gasteiger partial charge on any atom is 0.362 e. The molecule has 35 heavy (non-hydrogen) atoms. The van der Waals surface area contributed by atoms with E-state index >= 15 is 0 Å². The lowest BCUT2D eigenvalue weighted by Gasteiger charge is -2.36. The number of benzene rings is 3. The van der Waals surface area contributed by atoms with Crippen molar-refractivity contribution >= 4 is 28.1 Å². The molecular weight excluding hydrogens is 458 g/mol. The Hall–Kier alpha value is -4.23. The zero-order valence-corrected chi connectivity index (χ0v) is 20.1. The molecule has 0 radical (unpaired) electrons. The van der Waals surface area contributed by atoms with Crippen LogP contribution in [0.25, 0.3) is 0 Å². The molecule has 6 nitrogen and oxygen atoms in total. The summed E-state index contributed by atoms with van der Waals surface area (Å²) >= 11 is 1.37. The molecule has 0 fully saturated rings. The summed E-state index contributed by atoms with van der Waals surface area (Å²) in [5.41, 5.74) is 2.72. The molecule has 1 aromatic heterocycles. The van der Waals surface area contributed by atoms with E-state index in [1.807, 2.05) is 54.6 Å². The second kappa shape index (κ2) is 11.3. The van der Waals surface area contributed by atoms with Gasteiger partial charge in [-0.05, 0) is 23.6 Å². The zero-order chi connectivity index (χ0) is 24.5. The molecule has 0 amide bonds. The fourth-order valence-corrected chi connectivity index (χ4v) is 4.61. The molecule has 4 rings (SSSR count). The van der Waals surface area contributed by atoms with Crippen LogP contribution < -0.4 is 5.32 Å². The van der Waals surface area contributed by atoms with Gasteiger partial charge in [0.05, 0.1) is 6.61 Å². The summed E-state index contributed by atoms with van der Waals surface area (Å²) in [4.78, 5) is 22.1. The van der Waals surface area contributed by atoms with Gasteiger partial charge in [-0.25, -0.2) is 9.78 Å². The highest BCUT2D eigenvalue weighted by Crippen LogP contribution is 2.40. The number of rotatable bonds is 10. The highest BCUT2D eigenvalue weighted by Gasteiger charge is 2.37. The van der Waals surface area contributed by atoms with Crippen LogP contribution in [0.3, 0.4) is 0 Å². The van der Waals surface area contributed by atoms with Crippen molar-refractivity contribution in [2.24, 2.45) is 5.16 Å². The van der Waals surface area contributed by atoms with Gasteiger partial charge in [0, 0.05) is 5.38 Å². The first-order chi connectivity index (χ1) is 17.2. The molecule has 3 aromatic carbocycles. The second-order valence-corrected chi connectivity index (χ2v) is 8.30. The number of aromatic nitrogens is 1. The zero-order valence-electron chi connectivity index (χ0n) is 19.3. The normalized spacial score (nSPS) is 11.5. The number of esters is 1. The van der Waals surface area contributed by atoms with Crippen LogP contribution in [-0.4, -0.2) is 23.3 Å². The summed E-state index contributed by atoms with van der Waals surface area (Å²) in [6.45, 7) is 5.41. The number of carbonyl (C=O) groups is 1. The van der Waals surface area contributed by atoms with Crippen molar-refractivity contribution in [3.63, 3.8) is 0 Å². The maximum absolute atomic E-state index is 12.5. The van der Waals surface area contributed by atoms with Crippen LogP contribution in [0.4, 0.5) is 5.13 Å². The van der Waals surface area contributed by atoms with E-state index < -0.39 is 11.5 Å². The summed E-state index contributed by atoms with van der Waals surface area (Å²) in [5.74, 6) is -0.619. The standard InChI is InChI=1S/C28H25N3O3S/c1-3-33-26(32)25(31-34-4-2)24-20-35-27(29-24)30-28(21-14-8-5-9-15-21,22-16-10-6-11-17-22)23-18-12-7-13-19-23/h4-20H,2-3H2,1H3,(H,29,30). The molecule has 0 unspecified atom stereocenters. The van der Waals surface area contributed by atoms with Gasteiger partial charge >= 0.3 is 5.97 Å². The number of anilines is 1. The lowest BCUT2D eigenvalue weighted by Crippen LogP contribution is -2.38. The van der Waals surface area contributed by atoms with Crippen molar-refractivity contribution in [1.29, 1.82) is 0 Å². The van der Waals surface area contributed by atoms with Gasteiger partial charge in [0.15, 0.2) is 5.13 Å². The van der Waals surface area contributed by atoms with Gasteiger partial charge in [0.1, 0.15) is 17.5 Å². The molecule has 1 heterocycles. The van der Waals surface area contributed by atoms with Gasteiger partial charge in [-0.3, -0.25) is 0 Å². The number of oxime groups is 1. The monoisotopic (exact) mass is 483 g/mol. The lowest BCUT2D eigenvalue weighted by atomic mass is 9.77. The number of nitrogens with one attached hydrogen (secondary N) is 1. The highest BCUT2D eigenvalue weighted by molar-refractivity contribution is 7.14. The summed E-state index contributed by atoms with van der Waals surface area (Å²) in [6.07, 6.45) is 1.13. The molecule has 0 aliphatic carbocycles. The molecule has 0 spiro atoms. The quantitative estimate of drug-likeness (QED) is 0.0988. The molecule has 4 aromatic rings. The Bertz CT molecular complexity index is 1190. The summed E-state index contributed by atoms with van der Waals surface area (Å²) < 4.78 is 5.13. The van der Waals surface area contributed by atoms with Crippen LogP contribution in [-0.2, 0) is 19.9 Å². The topological polar surface area (TPSA) is 72.8 Å². The first-order valence-corrected chi connectivity index (χ1v) is 12.0. The van der Waals surface area contributed by atoms with Crippen LogP contribution in [0.15, 0.2) is 114 Å². The second-order valence-electron chi connectivity index (χ2n) is 7.44. The minimum Gasteiger partial charge on any atom is -0.461 e. The van der Waals surface area contributed by atoms with E-state index in [-0.39, 0.29) is 12.3 Å². The van der Waals surface area contributed by atoms with Gasteiger partial charge in [-0.2, -0.15) is 0 Å². The molecule has 0 saturated heterocycles. The molecule has 176 valence electrons. The van der Waals surface area contributed by atoms with Crippen molar-refractivity contribution in [3.05, 3.63) is 132 Å². The van der Waals surface area contributed by atoms with Crippen molar-refractivity contribution in [3.8, 4) is 0 Å². The van der Waals surface area contributed by atoms with Gasteiger partial charge in [0.25, 0.3) is 0 Å². The van der Waals surface area contributed by atoms with Crippen LogP contribution in [0.2, 0.25) is 0 Å². The SMILES string of the molecule is C=CON=C(C(=O)OCC)c1csc(NC(c2ccccc2)(c2ccccc2)c2ccccc2)n1. The van der Waals surface area contributed by atoms with Crippen LogP contribution >= 0.6 is 11.3 Å². The number of nitrogens with zero attached hydrogens (tertiary/aromatic N) is 2. The molecule has 0 aliphatic heterocycles. The maximum atomic E-state index is 12.5. The Labute approximate surface area is 208 Å². The number of carbonyl (C=O) groups excluding carboxylic acids is 1. The van der Waals surface area contributed by atoms with Crippen molar-refractivity contribution in [2.45, 2.75) is 12.5 Å². The highest BCUT2D eigenvalue weighted by atomic mass is 32.1. The minimum atomic E-state index is -0.738. The fourth-order valence-electron chi connectivity index (χ4n) is 3.86. The van der Waals surface area contributed by atoms with E-state index in [0.29, 0.717) is 10.8 Å².